The molecule has 0 atom stereocenters. The lowest BCUT2D eigenvalue weighted by molar-refractivity contribution is -0.290. The molecule has 0 aliphatic carbocycles. The summed E-state index contributed by atoms with van der Waals surface area (Å²) in [5.41, 5.74) is 5.18. The minimum atomic E-state index is -5.73. The molecule has 0 saturated carbocycles. The molecule has 2 N–H and O–H groups in total. The van der Waals surface area contributed by atoms with Crippen molar-refractivity contribution in [3.05, 3.63) is 0 Å². The van der Waals surface area contributed by atoms with E-state index in [0.717, 1.165) is 0 Å². The van der Waals surface area contributed by atoms with Crippen molar-refractivity contribution in [1.82, 2.24) is 15.0 Å². The third-order valence-corrected chi connectivity index (χ3v) is 1.68. The topological polar surface area (TPSA) is 83.2 Å². The molecule has 19 heavy (non-hydrogen) atoms. The van der Waals surface area contributed by atoms with E-state index in [1.807, 2.05) is 0 Å². The summed E-state index contributed by atoms with van der Waals surface area (Å²) in [6.07, 6.45) is -5.73. The predicted octanol–water partition coefficient (Wildman–Crippen LogP) is 1.43. The van der Waals surface area contributed by atoms with Crippen molar-refractivity contribution in [2.75, 3.05) is 18.9 Å². The molecule has 1 heterocycles. The molecule has 0 radical (unpaired) electrons. The second-order valence-corrected chi connectivity index (χ2v) is 3.18. The standard InChI is InChI=1S/C8H9F5N4O2/c1-2-18-5-15-4(14)16-6(17-5)19-3-7(9,10)8(11,12)13/h2-3H2,1H3,(H2,14,15,16,17). The van der Waals surface area contributed by atoms with Crippen molar-refractivity contribution in [1.29, 1.82) is 0 Å². The molecule has 0 aliphatic rings. The highest BCUT2D eigenvalue weighted by Gasteiger charge is 2.58. The molecule has 0 fully saturated rings. The first-order valence-electron chi connectivity index (χ1n) is 4.87. The average Bonchev–Trinajstić information content (AvgIpc) is 2.25. The molecule has 0 spiro atoms. The van der Waals surface area contributed by atoms with Gasteiger partial charge in [0.25, 0.3) is 0 Å². The number of nitrogens with two attached hydrogens (primary N) is 1. The van der Waals surface area contributed by atoms with Crippen LogP contribution in [0, 0.1) is 0 Å². The predicted molar refractivity (Wildman–Crippen MR) is 51.9 cm³/mol. The van der Waals surface area contributed by atoms with Gasteiger partial charge in [-0.05, 0) is 6.92 Å². The minimum Gasteiger partial charge on any atom is -0.464 e. The molecule has 1 aromatic heterocycles. The maximum Gasteiger partial charge on any atom is 0.456 e. The summed E-state index contributed by atoms with van der Waals surface area (Å²) in [7, 11) is 0. The summed E-state index contributed by atoms with van der Waals surface area (Å²) in [6.45, 7) is -0.245. The van der Waals surface area contributed by atoms with Gasteiger partial charge in [-0.2, -0.15) is 31.9 Å². The van der Waals surface area contributed by atoms with E-state index in [-0.39, 0.29) is 12.6 Å². The van der Waals surface area contributed by atoms with E-state index in [2.05, 4.69) is 19.7 Å². The van der Waals surface area contributed by atoms with E-state index >= 15 is 0 Å². The monoisotopic (exact) mass is 288 g/mol. The molecule has 0 amide bonds. The van der Waals surface area contributed by atoms with E-state index in [4.69, 9.17) is 10.5 Å². The summed E-state index contributed by atoms with van der Waals surface area (Å²) in [4.78, 5) is 10.1. The number of aromatic nitrogens is 3. The number of hydrogen-bond acceptors (Lipinski definition) is 6. The summed E-state index contributed by atoms with van der Waals surface area (Å²) < 4.78 is 69.8. The van der Waals surface area contributed by atoms with Crippen molar-refractivity contribution in [3.63, 3.8) is 0 Å². The van der Waals surface area contributed by atoms with Gasteiger partial charge in [-0.15, -0.1) is 4.98 Å². The summed E-state index contributed by atoms with van der Waals surface area (Å²) >= 11 is 0. The molecule has 108 valence electrons. The summed E-state index contributed by atoms with van der Waals surface area (Å²) in [5, 5.41) is 0. The van der Waals surface area contributed by atoms with Crippen LogP contribution in [0.4, 0.5) is 27.9 Å². The molecular formula is C8H9F5N4O2. The van der Waals surface area contributed by atoms with Gasteiger partial charge >= 0.3 is 24.1 Å². The molecule has 0 unspecified atom stereocenters. The van der Waals surface area contributed by atoms with Crippen molar-refractivity contribution in [2.24, 2.45) is 0 Å². The van der Waals surface area contributed by atoms with E-state index in [1.165, 1.54) is 0 Å². The zero-order valence-electron chi connectivity index (χ0n) is 9.54. The Labute approximate surface area is 103 Å². The van der Waals surface area contributed by atoms with Gasteiger partial charge < -0.3 is 15.2 Å². The first kappa shape index (κ1) is 15.1. The van der Waals surface area contributed by atoms with Crippen molar-refractivity contribution < 1.29 is 31.4 Å². The Bertz CT molecular complexity index is 440. The number of ether oxygens (including phenoxy) is 2. The number of anilines is 1. The molecule has 1 aromatic rings. The second kappa shape index (κ2) is 5.36. The molecule has 0 bridgehead atoms. The number of hydrogen-bond donors (Lipinski definition) is 1. The van der Waals surface area contributed by atoms with Crippen molar-refractivity contribution >= 4 is 5.95 Å². The number of alkyl halides is 5. The molecule has 6 nitrogen and oxygen atoms in total. The summed E-state index contributed by atoms with van der Waals surface area (Å²) in [6, 6.07) is -1.11. The Hall–Kier alpha value is -1.94. The zero-order valence-corrected chi connectivity index (χ0v) is 9.54. The largest absolute Gasteiger partial charge is 0.464 e. The van der Waals surface area contributed by atoms with Crippen LogP contribution in [0.2, 0.25) is 0 Å². The molecule has 11 heteroatoms. The quantitative estimate of drug-likeness (QED) is 0.825. The number of nitrogen functional groups attached to an aromatic ring is 1. The first-order chi connectivity index (χ1) is 8.65. The molecule has 0 aromatic carbocycles. The lowest BCUT2D eigenvalue weighted by atomic mass is 10.3. The van der Waals surface area contributed by atoms with Crippen LogP contribution in [0.1, 0.15) is 6.92 Å². The second-order valence-electron chi connectivity index (χ2n) is 3.18. The Kier molecular flexibility index (Phi) is 4.27. The van der Waals surface area contributed by atoms with Crippen LogP contribution < -0.4 is 15.2 Å². The zero-order chi connectivity index (χ0) is 14.7. The van der Waals surface area contributed by atoms with Gasteiger partial charge in [-0.1, -0.05) is 0 Å². The van der Waals surface area contributed by atoms with Gasteiger partial charge in [-0.25, -0.2) is 0 Å². The maximum absolute atomic E-state index is 12.6. The number of rotatable bonds is 5. The van der Waals surface area contributed by atoms with Crippen LogP contribution in [0.3, 0.4) is 0 Å². The number of nitrogens with zero attached hydrogens (tertiary/aromatic N) is 3. The minimum absolute atomic E-state index is 0.140. The van der Waals surface area contributed by atoms with E-state index in [1.54, 1.807) is 6.92 Å². The lowest BCUT2D eigenvalue weighted by Crippen LogP contribution is -2.42. The molecular weight excluding hydrogens is 279 g/mol. The van der Waals surface area contributed by atoms with Crippen LogP contribution >= 0.6 is 0 Å². The van der Waals surface area contributed by atoms with Gasteiger partial charge in [0.1, 0.15) is 0 Å². The lowest BCUT2D eigenvalue weighted by Gasteiger charge is -2.19. The van der Waals surface area contributed by atoms with Gasteiger partial charge in [-0.3, -0.25) is 0 Å². The summed E-state index contributed by atoms with van der Waals surface area (Å²) in [5.74, 6) is -5.45. The highest BCUT2D eigenvalue weighted by molar-refractivity contribution is 5.20. The SMILES string of the molecule is CCOc1nc(N)nc(OCC(F)(F)C(F)(F)F)n1. The molecule has 0 saturated heterocycles. The highest BCUT2D eigenvalue weighted by Crippen LogP contribution is 2.35. The Morgan fingerprint density at radius 2 is 1.53 bits per heavy atom. The fraction of sp³-hybridized carbons (Fsp3) is 0.625. The van der Waals surface area contributed by atoms with Crippen molar-refractivity contribution in [2.45, 2.75) is 19.0 Å². The van der Waals surface area contributed by atoms with Crippen molar-refractivity contribution in [3.8, 4) is 12.0 Å². The van der Waals surface area contributed by atoms with Gasteiger partial charge in [0.2, 0.25) is 5.95 Å². The van der Waals surface area contributed by atoms with Crippen LogP contribution in [0.5, 0.6) is 12.0 Å². The van der Waals surface area contributed by atoms with Gasteiger partial charge in [0.05, 0.1) is 6.61 Å². The van der Waals surface area contributed by atoms with E-state index in [0.29, 0.717) is 0 Å². The Morgan fingerprint density at radius 1 is 1.00 bits per heavy atom. The Morgan fingerprint density at radius 3 is 2.00 bits per heavy atom. The van der Waals surface area contributed by atoms with Crippen LogP contribution in [-0.4, -0.2) is 40.3 Å². The average molecular weight is 288 g/mol. The fourth-order valence-corrected chi connectivity index (χ4v) is 0.848. The smallest absolute Gasteiger partial charge is 0.456 e. The normalized spacial score (nSPS) is 12.3. The van der Waals surface area contributed by atoms with E-state index < -0.39 is 30.7 Å². The van der Waals surface area contributed by atoms with Gasteiger partial charge in [0, 0.05) is 0 Å². The van der Waals surface area contributed by atoms with E-state index in [9.17, 15) is 22.0 Å². The van der Waals surface area contributed by atoms with Crippen LogP contribution in [-0.2, 0) is 0 Å². The number of halogens is 5. The molecule has 0 aliphatic heterocycles. The maximum atomic E-state index is 12.6. The van der Waals surface area contributed by atoms with Gasteiger partial charge in [0.15, 0.2) is 6.61 Å². The van der Waals surface area contributed by atoms with Crippen LogP contribution in [0.15, 0.2) is 0 Å². The molecule has 1 rings (SSSR count). The third-order valence-electron chi connectivity index (χ3n) is 1.68. The highest BCUT2D eigenvalue weighted by atomic mass is 19.4. The van der Waals surface area contributed by atoms with Crippen LogP contribution in [0.25, 0.3) is 0 Å². The first-order valence-corrected chi connectivity index (χ1v) is 4.87. The third kappa shape index (κ3) is 4.03. The fourth-order valence-electron chi connectivity index (χ4n) is 0.848. The Balaban J connectivity index is 2.78.